The number of hydrogen-bond acceptors (Lipinski definition) is 7. The Kier molecular flexibility index (Phi) is 6.45. The van der Waals surface area contributed by atoms with E-state index in [0.717, 1.165) is 5.69 Å². The first-order chi connectivity index (χ1) is 16.6. The lowest BCUT2D eigenvalue weighted by Gasteiger charge is -2.39. The van der Waals surface area contributed by atoms with E-state index >= 15 is 0 Å². The van der Waals surface area contributed by atoms with Crippen molar-refractivity contribution in [3.63, 3.8) is 0 Å². The zero-order valence-electron chi connectivity index (χ0n) is 19.0. The second-order valence-electron chi connectivity index (χ2n) is 8.23. The second kappa shape index (κ2) is 9.34. The second-order valence-corrected chi connectivity index (χ2v) is 8.23. The van der Waals surface area contributed by atoms with Crippen LogP contribution in [0.25, 0.3) is 11.0 Å². The summed E-state index contributed by atoms with van der Waals surface area (Å²) >= 11 is 0. The highest BCUT2D eigenvalue weighted by atomic mass is 19.4. The fourth-order valence-corrected chi connectivity index (χ4v) is 4.24. The Balaban J connectivity index is 1.52. The maximum absolute atomic E-state index is 13.2. The molecule has 1 amide bonds. The number of hydrogen-bond donors (Lipinski definition) is 2. The number of nitriles is 1. The van der Waals surface area contributed by atoms with Crippen LogP contribution in [0.15, 0.2) is 35.4 Å². The van der Waals surface area contributed by atoms with E-state index in [4.69, 9.17) is 0 Å². The number of aromatic nitrogens is 3. The molecule has 0 aromatic carbocycles. The van der Waals surface area contributed by atoms with E-state index in [2.05, 4.69) is 26.3 Å². The van der Waals surface area contributed by atoms with Crippen molar-refractivity contribution in [2.24, 2.45) is 0 Å². The fourth-order valence-electron chi connectivity index (χ4n) is 4.24. The topological polar surface area (TPSA) is 118 Å². The molecular weight excluding hydrogens is 463 g/mol. The molecule has 12 heteroatoms. The molecular formula is C23H22F3N7O2. The highest BCUT2D eigenvalue weighted by Crippen LogP contribution is 2.31. The van der Waals surface area contributed by atoms with E-state index in [1.807, 2.05) is 9.80 Å². The molecule has 9 nitrogen and oxygen atoms in total. The molecule has 2 N–H and O–H groups in total. The molecule has 1 aliphatic rings. The van der Waals surface area contributed by atoms with Gasteiger partial charge < -0.3 is 15.2 Å². The van der Waals surface area contributed by atoms with E-state index in [0.29, 0.717) is 37.4 Å². The number of rotatable bonds is 4. The Morgan fingerprint density at radius 1 is 1.29 bits per heavy atom. The number of carbonyl (C=O) groups excluding carboxylic acids is 1. The summed E-state index contributed by atoms with van der Waals surface area (Å²) in [4.78, 5) is 38.3. The number of carbonyl (C=O) groups is 1. The third-order valence-electron chi connectivity index (χ3n) is 6.03. The highest BCUT2D eigenvalue weighted by Gasteiger charge is 2.37. The molecule has 0 unspecified atom stereocenters. The minimum Gasteiger partial charge on any atom is -0.366 e. The van der Waals surface area contributed by atoms with Gasteiger partial charge >= 0.3 is 6.18 Å². The summed E-state index contributed by atoms with van der Waals surface area (Å²) in [7, 11) is 1.53. The van der Waals surface area contributed by atoms with E-state index in [1.54, 1.807) is 24.4 Å². The molecule has 4 rings (SSSR count). The van der Waals surface area contributed by atoms with Gasteiger partial charge in [0.25, 0.3) is 11.5 Å². The van der Waals surface area contributed by atoms with Crippen LogP contribution in [0, 0.1) is 18.3 Å². The molecule has 1 atom stereocenters. The molecule has 1 aliphatic heterocycles. The summed E-state index contributed by atoms with van der Waals surface area (Å²) in [5, 5.41) is 12.3. The summed E-state index contributed by atoms with van der Waals surface area (Å²) in [5.74, 6) is -0.286. The average molecular weight is 485 g/mol. The molecule has 1 fully saturated rings. The van der Waals surface area contributed by atoms with Crippen LogP contribution in [-0.4, -0.2) is 58.5 Å². The summed E-state index contributed by atoms with van der Waals surface area (Å²) in [6, 6.07) is 6.82. The molecule has 4 heterocycles. The van der Waals surface area contributed by atoms with Crippen molar-refractivity contribution in [3.8, 4) is 6.07 Å². The van der Waals surface area contributed by atoms with Crippen LogP contribution >= 0.6 is 0 Å². The number of aryl methyl sites for hydroxylation is 1. The lowest BCUT2D eigenvalue weighted by molar-refractivity contribution is -0.139. The van der Waals surface area contributed by atoms with Crippen molar-refractivity contribution in [1.82, 2.24) is 25.2 Å². The monoisotopic (exact) mass is 485 g/mol. The first kappa shape index (κ1) is 24.2. The number of H-pyrrole nitrogens is 1. The molecule has 182 valence electrons. The number of halogens is 3. The molecule has 0 spiro atoms. The number of alkyl halides is 3. The number of anilines is 1. The minimum absolute atomic E-state index is 0.0787. The van der Waals surface area contributed by atoms with Crippen molar-refractivity contribution in [3.05, 3.63) is 63.3 Å². The average Bonchev–Trinajstić information content (AvgIpc) is 2.82. The van der Waals surface area contributed by atoms with Crippen molar-refractivity contribution in [1.29, 1.82) is 5.26 Å². The molecule has 0 radical (unpaired) electrons. The first-order valence-electron chi connectivity index (χ1n) is 10.8. The third-order valence-corrected chi connectivity index (χ3v) is 6.03. The SMILES string of the molecule is CNC(=O)c1ccc(N2CCN(Cc3cnc4c(C)c(C(F)(F)F)c(=O)[nH]c4c3)[C@H](C#N)C2)cn1. The Morgan fingerprint density at radius 3 is 2.69 bits per heavy atom. The number of fused-ring (bicyclic) bond motifs is 1. The maximum atomic E-state index is 13.2. The Morgan fingerprint density at radius 2 is 2.06 bits per heavy atom. The van der Waals surface area contributed by atoms with Gasteiger partial charge in [-0.15, -0.1) is 0 Å². The number of piperazine rings is 1. The van der Waals surface area contributed by atoms with Gasteiger partial charge in [0, 0.05) is 39.4 Å². The normalized spacial score (nSPS) is 16.8. The van der Waals surface area contributed by atoms with Gasteiger partial charge in [0.05, 0.1) is 29.0 Å². The summed E-state index contributed by atoms with van der Waals surface area (Å²) < 4.78 is 39.7. The molecule has 35 heavy (non-hydrogen) atoms. The van der Waals surface area contributed by atoms with E-state index in [9.17, 15) is 28.0 Å². The van der Waals surface area contributed by atoms with Crippen LogP contribution in [0.4, 0.5) is 18.9 Å². The smallest absolute Gasteiger partial charge is 0.366 e. The highest BCUT2D eigenvalue weighted by molar-refractivity contribution is 5.92. The van der Waals surface area contributed by atoms with Gasteiger partial charge in [-0.25, -0.2) is 4.98 Å². The van der Waals surface area contributed by atoms with Gasteiger partial charge in [-0.05, 0) is 36.2 Å². The molecule has 0 saturated carbocycles. The first-order valence-corrected chi connectivity index (χ1v) is 10.8. The van der Waals surface area contributed by atoms with E-state index in [-0.39, 0.29) is 22.5 Å². The van der Waals surface area contributed by atoms with Gasteiger partial charge in [-0.3, -0.25) is 19.5 Å². The van der Waals surface area contributed by atoms with Crippen molar-refractivity contribution in [2.75, 3.05) is 31.6 Å². The maximum Gasteiger partial charge on any atom is 0.422 e. The number of amides is 1. The van der Waals surface area contributed by atoms with Gasteiger partial charge in [0.2, 0.25) is 0 Å². The quantitative estimate of drug-likeness (QED) is 0.582. The van der Waals surface area contributed by atoms with E-state index in [1.165, 1.54) is 20.2 Å². The zero-order valence-corrected chi connectivity index (χ0v) is 19.0. The van der Waals surface area contributed by atoms with Crippen LogP contribution in [0.5, 0.6) is 0 Å². The van der Waals surface area contributed by atoms with Gasteiger partial charge in [-0.1, -0.05) is 0 Å². The van der Waals surface area contributed by atoms with Crippen LogP contribution in [0.1, 0.15) is 27.2 Å². The van der Waals surface area contributed by atoms with Gasteiger partial charge in [-0.2, -0.15) is 18.4 Å². The third kappa shape index (κ3) is 4.81. The number of nitrogens with zero attached hydrogens (tertiary/aromatic N) is 5. The number of pyridine rings is 3. The Labute approximate surface area is 198 Å². The lowest BCUT2D eigenvalue weighted by atomic mass is 10.1. The van der Waals surface area contributed by atoms with Gasteiger partial charge in [0.1, 0.15) is 17.3 Å². The van der Waals surface area contributed by atoms with Crippen LogP contribution in [0.3, 0.4) is 0 Å². The summed E-state index contributed by atoms with van der Waals surface area (Å²) in [5.41, 5.74) is -0.628. The largest absolute Gasteiger partial charge is 0.422 e. The fraction of sp³-hybridized carbons (Fsp3) is 0.348. The molecule has 0 bridgehead atoms. The number of aromatic amines is 1. The van der Waals surface area contributed by atoms with Crippen molar-refractivity contribution in [2.45, 2.75) is 25.7 Å². The van der Waals surface area contributed by atoms with Crippen LogP contribution in [-0.2, 0) is 12.7 Å². The van der Waals surface area contributed by atoms with E-state index < -0.39 is 23.3 Å². The summed E-state index contributed by atoms with van der Waals surface area (Å²) in [6.07, 6.45) is -1.71. The van der Waals surface area contributed by atoms with Gasteiger partial charge in [0.15, 0.2) is 0 Å². The van der Waals surface area contributed by atoms with Crippen molar-refractivity contribution >= 4 is 22.6 Å². The predicted octanol–water partition coefficient (Wildman–Crippen LogP) is 2.22. The minimum atomic E-state index is -4.77. The molecule has 0 aliphatic carbocycles. The zero-order chi connectivity index (χ0) is 25.3. The molecule has 3 aromatic heterocycles. The standard InChI is InChI=1S/C23H22F3N7O2/c1-13-19(23(24,25)26)22(35)31-18-7-14(9-30-20(13)18)11-32-5-6-33(12-16(32)8-27)15-3-4-17(29-10-15)21(34)28-2/h3-4,7,9-10,16H,5-6,11-12H2,1-2H3,(H,28,34)(H,31,35)/t16-/m1/s1. The molecule has 1 saturated heterocycles. The Hall–Kier alpha value is -3.98. The molecule has 3 aromatic rings. The van der Waals surface area contributed by atoms with Crippen LogP contribution < -0.4 is 15.8 Å². The summed E-state index contributed by atoms with van der Waals surface area (Å²) in [6.45, 7) is 3.11. The number of nitrogens with one attached hydrogen (secondary N) is 2. The lowest BCUT2D eigenvalue weighted by Crippen LogP contribution is -2.52. The van der Waals surface area contributed by atoms with Crippen molar-refractivity contribution < 1.29 is 18.0 Å². The Bertz CT molecular complexity index is 1360. The van der Waals surface area contributed by atoms with Crippen LogP contribution in [0.2, 0.25) is 0 Å². The predicted molar refractivity (Wildman–Crippen MR) is 122 cm³/mol.